The molecule has 1 nitrogen and oxygen atoms in total. The zero-order chi connectivity index (χ0) is 13.1. The highest BCUT2D eigenvalue weighted by molar-refractivity contribution is 7.80. The van der Waals surface area contributed by atoms with E-state index in [1.807, 2.05) is 0 Å². The van der Waals surface area contributed by atoms with Crippen LogP contribution in [-0.2, 0) is 0 Å². The van der Waals surface area contributed by atoms with Gasteiger partial charge in [-0.1, -0.05) is 38.5 Å². The van der Waals surface area contributed by atoms with Gasteiger partial charge in [-0.25, -0.2) is 0 Å². The predicted molar refractivity (Wildman–Crippen MR) is 85.9 cm³/mol. The molecule has 0 bridgehead atoms. The second-order valence-electron chi connectivity index (χ2n) is 7.44. The molecule has 3 fully saturated rings. The van der Waals surface area contributed by atoms with Gasteiger partial charge in [-0.05, 0) is 55.7 Å². The van der Waals surface area contributed by atoms with Gasteiger partial charge in [-0.2, -0.15) is 12.6 Å². The van der Waals surface area contributed by atoms with E-state index in [4.69, 9.17) is 12.6 Å². The molecule has 1 saturated heterocycles. The van der Waals surface area contributed by atoms with Gasteiger partial charge in [0.25, 0.3) is 0 Å². The Kier molecular flexibility index (Phi) is 4.79. The molecule has 0 amide bonds. The van der Waals surface area contributed by atoms with Gasteiger partial charge in [0, 0.05) is 12.6 Å². The summed E-state index contributed by atoms with van der Waals surface area (Å²) in [5.74, 6) is 2.15. The number of thiol groups is 1. The first-order valence-electron chi connectivity index (χ1n) is 8.68. The molecule has 2 unspecified atom stereocenters. The maximum Gasteiger partial charge on any atom is 0.0124 e. The Morgan fingerprint density at radius 3 is 2.37 bits per heavy atom. The third kappa shape index (κ3) is 3.15. The number of fused-ring (bicyclic) bond motifs is 1. The quantitative estimate of drug-likeness (QED) is 0.588. The van der Waals surface area contributed by atoms with Gasteiger partial charge in [-0.3, -0.25) is 4.90 Å². The van der Waals surface area contributed by atoms with Crippen molar-refractivity contribution in [3.8, 4) is 0 Å². The Bertz CT molecular complexity index is 283. The minimum absolute atomic E-state index is 0.548. The van der Waals surface area contributed by atoms with E-state index in [0.717, 1.165) is 17.7 Å². The molecule has 3 rings (SSSR count). The van der Waals surface area contributed by atoms with Crippen LogP contribution in [0.5, 0.6) is 0 Å². The zero-order valence-corrected chi connectivity index (χ0v) is 13.3. The molecule has 19 heavy (non-hydrogen) atoms. The molecular formula is C17H31NS. The standard InChI is InChI=1S/C17H31NS/c19-14-17(10-5-1-2-6-11-17)13-18-12-9-15-7-3-4-8-16(15)18/h15-16,19H,1-14H2. The lowest BCUT2D eigenvalue weighted by Crippen LogP contribution is -2.43. The van der Waals surface area contributed by atoms with E-state index in [1.165, 1.54) is 83.7 Å². The molecule has 110 valence electrons. The van der Waals surface area contributed by atoms with Crippen molar-refractivity contribution in [1.29, 1.82) is 0 Å². The number of nitrogens with zero attached hydrogens (tertiary/aromatic N) is 1. The van der Waals surface area contributed by atoms with Gasteiger partial charge in [0.1, 0.15) is 0 Å². The SMILES string of the molecule is SCC1(CN2CCC3CCCCC32)CCCCCC1. The van der Waals surface area contributed by atoms with Gasteiger partial charge >= 0.3 is 0 Å². The Balaban J connectivity index is 1.65. The molecule has 0 aromatic heterocycles. The van der Waals surface area contributed by atoms with E-state index >= 15 is 0 Å². The monoisotopic (exact) mass is 281 g/mol. The summed E-state index contributed by atoms with van der Waals surface area (Å²) >= 11 is 4.76. The fourth-order valence-electron chi connectivity index (χ4n) is 4.97. The van der Waals surface area contributed by atoms with E-state index in [-0.39, 0.29) is 0 Å². The highest BCUT2D eigenvalue weighted by Crippen LogP contribution is 2.42. The van der Waals surface area contributed by atoms with Crippen molar-refractivity contribution in [2.45, 2.75) is 76.7 Å². The third-order valence-electron chi connectivity index (χ3n) is 6.16. The molecule has 0 radical (unpaired) electrons. The third-order valence-corrected chi connectivity index (χ3v) is 6.83. The molecule has 2 saturated carbocycles. The molecule has 2 atom stereocenters. The summed E-state index contributed by atoms with van der Waals surface area (Å²) in [5.41, 5.74) is 0.548. The van der Waals surface area contributed by atoms with Gasteiger partial charge in [0.15, 0.2) is 0 Å². The Hall–Kier alpha value is 0.310. The van der Waals surface area contributed by atoms with Crippen LogP contribution in [0.2, 0.25) is 0 Å². The van der Waals surface area contributed by atoms with Crippen LogP contribution in [0, 0.1) is 11.3 Å². The first kappa shape index (κ1) is 14.3. The molecule has 1 heterocycles. The molecule has 2 heteroatoms. The van der Waals surface area contributed by atoms with Gasteiger partial charge < -0.3 is 0 Å². The van der Waals surface area contributed by atoms with Gasteiger partial charge in [0.05, 0.1) is 0 Å². The first-order chi connectivity index (χ1) is 9.33. The van der Waals surface area contributed by atoms with E-state index < -0.39 is 0 Å². The fourth-order valence-corrected chi connectivity index (χ4v) is 5.39. The summed E-state index contributed by atoms with van der Waals surface area (Å²) < 4.78 is 0. The van der Waals surface area contributed by atoms with E-state index in [2.05, 4.69) is 4.90 Å². The zero-order valence-electron chi connectivity index (χ0n) is 12.4. The Morgan fingerprint density at radius 2 is 1.63 bits per heavy atom. The van der Waals surface area contributed by atoms with Gasteiger partial charge in [-0.15, -0.1) is 0 Å². The van der Waals surface area contributed by atoms with Crippen LogP contribution in [0.3, 0.4) is 0 Å². The topological polar surface area (TPSA) is 3.24 Å². The molecule has 2 aliphatic carbocycles. The molecule has 0 N–H and O–H groups in total. The number of hydrogen-bond acceptors (Lipinski definition) is 2. The summed E-state index contributed by atoms with van der Waals surface area (Å²) in [5, 5.41) is 0. The second-order valence-corrected chi connectivity index (χ2v) is 7.76. The largest absolute Gasteiger partial charge is 0.300 e. The van der Waals surface area contributed by atoms with Crippen molar-refractivity contribution in [1.82, 2.24) is 4.90 Å². The normalized spacial score (nSPS) is 35.8. The van der Waals surface area contributed by atoms with Crippen LogP contribution < -0.4 is 0 Å². The highest BCUT2D eigenvalue weighted by Gasteiger charge is 2.40. The van der Waals surface area contributed by atoms with Crippen molar-refractivity contribution in [3.05, 3.63) is 0 Å². The lowest BCUT2D eigenvalue weighted by atomic mass is 9.80. The second kappa shape index (κ2) is 6.39. The van der Waals surface area contributed by atoms with Crippen LogP contribution in [0.15, 0.2) is 0 Å². The number of likely N-dealkylation sites (tertiary alicyclic amines) is 1. The highest BCUT2D eigenvalue weighted by atomic mass is 32.1. The van der Waals surface area contributed by atoms with E-state index in [9.17, 15) is 0 Å². The lowest BCUT2D eigenvalue weighted by molar-refractivity contribution is 0.111. The van der Waals surface area contributed by atoms with Crippen molar-refractivity contribution < 1.29 is 0 Å². The molecule has 1 aliphatic heterocycles. The predicted octanol–water partition coefficient (Wildman–Crippen LogP) is 4.52. The van der Waals surface area contributed by atoms with Crippen LogP contribution in [-0.4, -0.2) is 29.8 Å². The maximum absolute atomic E-state index is 4.76. The van der Waals surface area contributed by atoms with Crippen molar-refractivity contribution in [2.24, 2.45) is 11.3 Å². The minimum Gasteiger partial charge on any atom is -0.300 e. The summed E-state index contributed by atoms with van der Waals surface area (Å²) in [4.78, 5) is 2.88. The van der Waals surface area contributed by atoms with Crippen molar-refractivity contribution in [2.75, 3.05) is 18.8 Å². The molecule has 0 spiro atoms. The van der Waals surface area contributed by atoms with E-state index in [0.29, 0.717) is 5.41 Å². The lowest BCUT2D eigenvalue weighted by Gasteiger charge is -2.40. The van der Waals surface area contributed by atoms with Crippen LogP contribution in [0.1, 0.15) is 70.6 Å². The summed E-state index contributed by atoms with van der Waals surface area (Å²) in [6, 6.07) is 0.939. The fraction of sp³-hybridized carbons (Fsp3) is 1.00. The Labute approximate surface area is 124 Å². The van der Waals surface area contributed by atoms with Crippen molar-refractivity contribution in [3.63, 3.8) is 0 Å². The summed E-state index contributed by atoms with van der Waals surface area (Å²) in [6.07, 6.45) is 16.1. The number of rotatable bonds is 3. The summed E-state index contributed by atoms with van der Waals surface area (Å²) in [7, 11) is 0. The molecule has 0 aromatic rings. The van der Waals surface area contributed by atoms with Crippen LogP contribution >= 0.6 is 12.6 Å². The average molecular weight is 282 g/mol. The number of hydrogen-bond donors (Lipinski definition) is 1. The first-order valence-corrected chi connectivity index (χ1v) is 9.31. The van der Waals surface area contributed by atoms with Crippen molar-refractivity contribution >= 4 is 12.6 Å². The molecular weight excluding hydrogens is 250 g/mol. The van der Waals surface area contributed by atoms with E-state index in [1.54, 1.807) is 0 Å². The van der Waals surface area contributed by atoms with Gasteiger partial charge in [0.2, 0.25) is 0 Å². The smallest absolute Gasteiger partial charge is 0.0124 e. The average Bonchev–Trinajstić information content (AvgIpc) is 2.70. The molecule has 3 aliphatic rings. The molecule has 0 aromatic carbocycles. The Morgan fingerprint density at radius 1 is 0.895 bits per heavy atom. The summed E-state index contributed by atoms with van der Waals surface area (Å²) in [6.45, 7) is 2.74. The minimum atomic E-state index is 0.548. The van der Waals surface area contributed by atoms with Crippen LogP contribution in [0.25, 0.3) is 0 Å². The maximum atomic E-state index is 4.76. The van der Waals surface area contributed by atoms with Crippen LogP contribution in [0.4, 0.5) is 0 Å².